The average molecular weight is 316 g/mol. The lowest BCUT2D eigenvalue weighted by atomic mass is 10.4. The predicted molar refractivity (Wildman–Crippen MR) is 72.5 cm³/mol. The highest BCUT2D eigenvalue weighted by molar-refractivity contribution is 8.02. The Morgan fingerprint density at radius 1 is 1.44 bits per heavy atom. The Kier molecular flexibility index (Phi) is 3.39. The molecule has 0 spiro atoms. The molecule has 1 fully saturated rings. The van der Waals surface area contributed by atoms with Crippen LogP contribution in [0, 0.1) is 11.3 Å². The standard InChI is InChI=1S/C9H6ClN5S3/c10-6-5(3-11)7(18-15-6)16-9-14-13-8(17-9)12-4-1-2-4/h4H,1-2H2,(H,12,13). The summed E-state index contributed by atoms with van der Waals surface area (Å²) in [6.45, 7) is 0. The molecule has 0 unspecified atom stereocenters. The van der Waals surface area contributed by atoms with Crippen LogP contribution in [0.3, 0.4) is 0 Å². The highest BCUT2D eigenvalue weighted by atomic mass is 35.5. The van der Waals surface area contributed by atoms with Crippen molar-refractivity contribution >= 4 is 51.4 Å². The molecule has 0 amide bonds. The maximum atomic E-state index is 8.97. The van der Waals surface area contributed by atoms with Crippen molar-refractivity contribution in [3.05, 3.63) is 10.7 Å². The molecule has 2 heterocycles. The zero-order chi connectivity index (χ0) is 12.5. The smallest absolute Gasteiger partial charge is 0.206 e. The molecule has 1 aliphatic carbocycles. The molecule has 1 N–H and O–H groups in total. The van der Waals surface area contributed by atoms with Gasteiger partial charge in [0, 0.05) is 6.04 Å². The van der Waals surface area contributed by atoms with E-state index in [9.17, 15) is 0 Å². The first kappa shape index (κ1) is 12.2. The first-order chi connectivity index (χ1) is 8.76. The van der Waals surface area contributed by atoms with E-state index in [1.807, 2.05) is 6.07 Å². The molecule has 18 heavy (non-hydrogen) atoms. The van der Waals surface area contributed by atoms with Crippen LogP contribution < -0.4 is 5.32 Å². The molecule has 3 rings (SSSR count). The zero-order valence-corrected chi connectivity index (χ0v) is 12.1. The topological polar surface area (TPSA) is 74.5 Å². The number of aromatic nitrogens is 3. The molecule has 2 aromatic rings. The van der Waals surface area contributed by atoms with Crippen LogP contribution >= 0.6 is 46.2 Å². The Balaban J connectivity index is 1.75. The van der Waals surface area contributed by atoms with Crippen LogP contribution in [-0.2, 0) is 0 Å². The number of hydrogen-bond acceptors (Lipinski definition) is 8. The molecule has 0 saturated heterocycles. The monoisotopic (exact) mass is 315 g/mol. The number of nitrogens with zero attached hydrogens (tertiary/aromatic N) is 4. The molecular weight excluding hydrogens is 310 g/mol. The quantitative estimate of drug-likeness (QED) is 0.933. The molecule has 5 nitrogen and oxygen atoms in total. The minimum atomic E-state index is 0.255. The van der Waals surface area contributed by atoms with Gasteiger partial charge < -0.3 is 5.32 Å². The summed E-state index contributed by atoms with van der Waals surface area (Å²) in [4.78, 5) is 0. The van der Waals surface area contributed by atoms with E-state index in [0.29, 0.717) is 11.6 Å². The molecule has 0 aromatic carbocycles. The lowest BCUT2D eigenvalue weighted by Gasteiger charge is -1.94. The van der Waals surface area contributed by atoms with Gasteiger partial charge in [0.05, 0.1) is 0 Å². The summed E-state index contributed by atoms with van der Waals surface area (Å²) in [5, 5.41) is 21.5. The Labute approximate surface area is 120 Å². The lowest BCUT2D eigenvalue weighted by Crippen LogP contribution is -1.99. The van der Waals surface area contributed by atoms with Crippen LogP contribution in [0.4, 0.5) is 5.13 Å². The minimum Gasteiger partial charge on any atom is -0.357 e. The summed E-state index contributed by atoms with van der Waals surface area (Å²) in [5.74, 6) is 0. The molecule has 2 aromatic heterocycles. The van der Waals surface area contributed by atoms with Crippen molar-refractivity contribution in [2.75, 3.05) is 5.32 Å². The van der Waals surface area contributed by atoms with Crippen LogP contribution in [0.25, 0.3) is 0 Å². The number of nitriles is 1. The summed E-state index contributed by atoms with van der Waals surface area (Å²) in [6, 6.07) is 2.61. The van der Waals surface area contributed by atoms with Gasteiger partial charge in [0.25, 0.3) is 0 Å². The first-order valence-electron chi connectivity index (χ1n) is 5.09. The Morgan fingerprint density at radius 3 is 3.00 bits per heavy atom. The van der Waals surface area contributed by atoms with Gasteiger partial charge in [-0.15, -0.1) is 10.2 Å². The number of halogens is 1. The van der Waals surface area contributed by atoms with Crippen LogP contribution in [0.2, 0.25) is 5.15 Å². The largest absolute Gasteiger partial charge is 0.357 e. The number of nitrogens with one attached hydrogen (secondary N) is 1. The highest BCUT2D eigenvalue weighted by Gasteiger charge is 2.23. The Morgan fingerprint density at radius 2 is 2.28 bits per heavy atom. The number of hydrogen-bond donors (Lipinski definition) is 1. The summed E-state index contributed by atoms with van der Waals surface area (Å²) in [7, 11) is 0. The maximum absolute atomic E-state index is 8.97. The summed E-state index contributed by atoms with van der Waals surface area (Å²) >= 11 is 9.88. The van der Waals surface area contributed by atoms with Gasteiger partial charge in [-0.25, -0.2) is 0 Å². The van der Waals surface area contributed by atoms with E-state index in [1.165, 1.54) is 47.5 Å². The third-order valence-electron chi connectivity index (χ3n) is 2.22. The molecule has 1 saturated carbocycles. The van der Waals surface area contributed by atoms with Gasteiger partial charge in [-0.05, 0) is 36.1 Å². The van der Waals surface area contributed by atoms with Gasteiger partial charge in [0.15, 0.2) is 9.49 Å². The number of rotatable bonds is 4. The molecule has 0 radical (unpaired) electrons. The summed E-state index contributed by atoms with van der Waals surface area (Å²) in [5.41, 5.74) is 0.415. The third kappa shape index (κ3) is 2.59. The molecular formula is C9H6ClN5S3. The van der Waals surface area contributed by atoms with Crippen LogP contribution in [0.1, 0.15) is 18.4 Å². The van der Waals surface area contributed by atoms with Crippen molar-refractivity contribution in [1.29, 1.82) is 5.26 Å². The highest BCUT2D eigenvalue weighted by Crippen LogP contribution is 2.39. The molecule has 0 aliphatic heterocycles. The Hall–Kier alpha value is -0.880. The van der Waals surface area contributed by atoms with E-state index in [4.69, 9.17) is 16.9 Å². The zero-order valence-electron chi connectivity index (χ0n) is 8.88. The summed E-state index contributed by atoms with van der Waals surface area (Å²) < 4.78 is 5.50. The summed E-state index contributed by atoms with van der Waals surface area (Å²) in [6.07, 6.45) is 2.40. The van der Waals surface area contributed by atoms with Gasteiger partial charge in [-0.2, -0.15) is 9.64 Å². The van der Waals surface area contributed by atoms with Gasteiger partial charge in [-0.1, -0.05) is 22.9 Å². The lowest BCUT2D eigenvalue weighted by molar-refractivity contribution is 0.995. The van der Waals surface area contributed by atoms with E-state index < -0.39 is 0 Å². The predicted octanol–water partition coefficient (Wildman–Crippen LogP) is 3.25. The van der Waals surface area contributed by atoms with E-state index in [-0.39, 0.29) is 5.15 Å². The van der Waals surface area contributed by atoms with E-state index >= 15 is 0 Å². The molecule has 9 heteroatoms. The van der Waals surface area contributed by atoms with Crippen LogP contribution in [0.15, 0.2) is 8.55 Å². The Bertz CT molecular complexity index is 612. The number of anilines is 1. The van der Waals surface area contributed by atoms with E-state index in [2.05, 4.69) is 19.9 Å². The van der Waals surface area contributed by atoms with Gasteiger partial charge in [-0.3, -0.25) is 0 Å². The second-order valence-corrected chi connectivity index (χ2v) is 7.27. The van der Waals surface area contributed by atoms with Gasteiger partial charge in [0.2, 0.25) is 5.13 Å². The van der Waals surface area contributed by atoms with Crippen LogP contribution in [0.5, 0.6) is 0 Å². The van der Waals surface area contributed by atoms with Gasteiger partial charge in [0.1, 0.15) is 15.8 Å². The molecule has 1 aliphatic rings. The molecule has 0 atom stereocenters. The molecule has 0 bridgehead atoms. The van der Waals surface area contributed by atoms with E-state index in [1.54, 1.807) is 0 Å². The SMILES string of the molecule is N#Cc1c(Cl)nsc1Sc1nnc(NC2CC2)s1. The normalized spacial score (nSPS) is 14.4. The van der Waals surface area contributed by atoms with Crippen molar-refractivity contribution in [2.24, 2.45) is 0 Å². The van der Waals surface area contributed by atoms with Crippen molar-refractivity contribution < 1.29 is 0 Å². The fourth-order valence-corrected chi connectivity index (χ4v) is 4.40. The second kappa shape index (κ2) is 5.01. The fourth-order valence-electron chi connectivity index (χ4n) is 1.21. The fraction of sp³-hybridized carbons (Fsp3) is 0.333. The third-order valence-corrected chi connectivity index (χ3v) is 5.51. The van der Waals surface area contributed by atoms with E-state index in [0.717, 1.165) is 13.7 Å². The minimum absolute atomic E-state index is 0.255. The first-order valence-corrected chi connectivity index (χ1v) is 7.88. The van der Waals surface area contributed by atoms with Crippen molar-refractivity contribution in [3.63, 3.8) is 0 Å². The molecule has 92 valence electrons. The van der Waals surface area contributed by atoms with Crippen molar-refractivity contribution in [2.45, 2.75) is 27.4 Å². The average Bonchev–Trinajstić information content (AvgIpc) is 2.94. The van der Waals surface area contributed by atoms with Crippen molar-refractivity contribution in [3.8, 4) is 6.07 Å². The van der Waals surface area contributed by atoms with Gasteiger partial charge >= 0.3 is 0 Å². The maximum Gasteiger partial charge on any atom is 0.206 e. The van der Waals surface area contributed by atoms with Crippen molar-refractivity contribution in [1.82, 2.24) is 14.6 Å². The second-order valence-electron chi connectivity index (χ2n) is 3.64. The van der Waals surface area contributed by atoms with Crippen LogP contribution in [-0.4, -0.2) is 20.6 Å².